The van der Waals surface area contributed by atoms with Gasteiger partial charge in [-0.3, -0.25) is 4.79 Å². The number of hydrogen-bond acceptors (Lipinski definition) is 7. The minimum atomic E-state index is -0.262. The third-order valence-electron chi connectivity index (χ3n) is 3.39. The fourth-order valence-corrected chi connectivity index (χ4v) is 2.83. The molecule has 0 saturated heterocycles. The van der Waals surface area contributed by atoms with Gasteiger partial charge in [-0.1, -0.05) is 0 Å². The number of benzene rings is 1. The highest BCUT2D eigenvalue weighted by Gasteiger charge is 2.13. The highest BCUT2D eigenvalue weighted by molar-refractivity contribution is 7.14. The van der Waals surface area contributed by atoms with Crippen LogP contribution in [-0.2, 0) is 6.54 Å². The Bertz CT molecular complexity index is 845. The maximum atomic E-state index is 12.1. The van der Waals surface area contributed by atoms with E-state index in [1.807, 2.05) is 12.1 Å². The van der Waals surface area contributed by atoms with Crippen molar-refractivity contribution in [2.75, 3.05) is 19.5 Å². The van der Waals surface area contributed by atoms with E-state index in [2.05, 4.69) is 15.6 Å². The van der Waals surface area contributed by atoms with Gasteiger partial charge in [0.05, 0.1) is 32.7 Å². The summed E-state index contributed by atoms with van der Waals surface area (Å²) in [7, 11) is 3.17. The predicted octanol–water partition coefficient (Wildman–Crippen LogP) is 3.43. The van der Waals surface area contributed by atoms with E-state index >= 15 is 0 Å². The number of rotatable bonds is 7. The van der Waals surface area contributed by atoms with Crippen LogP contribution in [0.5, 0.6) is 11.5 Å². The van der Waals surface area contributed by atoms with E-state index in [1.165, 1.54) is 11.3 Å². The Morgan fingerprint density at radius 3 is 2.88 bits per heavy atom. The molecule has 8 heteroatoms. The van der Waals surface area contributed by atoms with Crippen molar-refractivity contribution in [2.24, 2.45) is 0 Å². The van der Waals surface area contributed by atoms with Crippen molar-refractivity contribution >= 4 is 28.1 Å². The molecule has 0 aliphatic carbocycles. The van der Waals surface area contributed by atoms with E-state index in [1.54, 1.807) is 44.1 Å². The van der Waals surface area contributed by atoms with Crippen LogP contribution in [-0.4, -0.2) is 25.1 Å². The number of aromatic nitrogens is 1. The summed E-state index contributed by atoms with van der Waals surface area (Å²) in [6, 6.07) is 8.98. The van der Waals surface area contributed by atoms with E-state index in [0.29, 0.717) is 34.6 Å². The monoisotopic (exact) mass is 359 g/mol. The Hall–Kier alpha value is -3.00. The first-order valence-electron chi connectivity index (χ1n) is 7.44. The molecule has 2 aromatic heterocycles. The molecule has 3 rings (SSSR count). The second-order valence-electron chi connectivity index (χ2n) is 4.99. The van der Waals surface area contributed by atoms with Crippen molar-refractivity contribution < 1.29 is 18.7 Å². The van der Waals surface area contributed by atoms with Crippen LogP contribution in [0.3, 0.4) is 0 Å². The topological polar surface area (TPSA) is 85.6 Å². The summed E-state index contributed by atoms with van der Waals surface area (Å²) >= 11 is 1.33. The molecule has 0 aliphatic heterocycles. The first-order chi connectivity index (χ1) is 12.2. The lowest BCUT2D eigenvalue weighted by atomic mass is 10.3. The van der Waals surface area contributed by atoms with Crippen LogP contribution >= 0.6 is 11.3 Å². The molecule has 25 heavy (non-hydrogen) atoms. The Morgan fingerprint density at radius 1 is 1.28 bits per heavy atom. The Labute approximate surface area is 148 Å². The van der Waals surface area contributed by atoms with E-state index < -0.39 is 0 Å². The molecule has 0 aliphatic rings. The number of carbonyl (C=O) groups excluding carboxylic acids is 1. The minimum absolute atomic E-state index is 0.262. The van der Waals surface area contributed by atoms with Gasteiger partial charge in [-0.05, 0) is 24.3 Å². The summed E-state index contributed by atoms with van der Waals surface area (Å²) in [5.74, 6) is 1.74. The number of amides is 1. The zero-order chi connectivity index (χ0) is 17.6. The fourth-order valence-electron chi connectivity index (χ4n) is 2.12. The summed E-state index contributed by atoms with van der Waals surface area (Å²) in [6.45, 7) is 0.318. The summed E-state index contributed by atoms with van der Waals surface area (Å²) in [6.07, 6.45) is 1.56. The Morgan fingerprint density at radius 2 is 2.16 bits per heavy atom. The van der Waals surface area contributed by atoms with Gasteiger partial charge in [-0.2, -0.15) is 0 Å². The van der Waals surface area contributed by atoms with Crippen LogP contribution in [0, 0.1) is 0 Å². The standard InChI is InChI=1S/C17H17N3O4S/c1-22-11-5-6-13(15(8-11)23-2)19-17-20-14(10-25-17)16(21)18-9-12-4-3-7-24-12/h3-8,10H,9H2,1-2H3,(H,18,21)(H,19,20). The molecule has 0 atom stereocenters. The van der Waals surface area contributed by atoms with E-state index in [9.17, 15) is 4.79 Å². The lowest BCUT2D eigenvalue weighted by Gasteiger charge is -2.10. The summed E-state index contributed by atoms with van der Waals surface area (Å²) in [5, 5.41) is 8.19. The van der Waals surface area contributed by atoms with E-state index in [4.69, 9.17) is 13.9 Å². The second kappa shape index (κ2) is 7.71. The minimum Gasteiger partial charge on any atom is -0.497 e. The second-order valence-corrected chi connectivity index (χ2v) is 5.85. The van der Waals surface area contributed by atoms with Crippen molar-refractivity contribution in [2.45, 2.75) is 6.54 Å². The maximum Gasteiger partial charge on any atom is 0.271 e. The highest BCUT2D eigenvalue weighted by Crippen LogP contribution is 2.32. The van der Waals surface area contributed by atoms with Crippen LogP contribution < -0.4 is 20.1 Å². The van der Waals surface area contributed by atoms with Gasteiger partial charge in [0.2, 0.25) is 0 Å². The highest BCUT2D eigenvalue weighted by atomic mass is 32.1. The molecule has 1 aromatic carbocycles. The number of nitrogens with one attached hydrogen (secondary N) is 2. The van der Waals surface area contributed by atoms with Gasteiger partial charge in [-0.25, -0.2) is 4.98 Å². The Balaban J connectivity index is 1.66. The summed E-state index contributed by atoms with van der Waals surface area (Å²) in [4.78, 5) is 16.4. The van der Waals surface area contributed by atoms with Crippen molar-refractivity contribution in [3.05, 3.63) is 53.4 Å². The first kappa shape index (κ1) is 16.8. The smallest absolute Gasteiger partial charge is 0.271 e. The SMILES string of the molecule is COc1ccc(Nc2nc(C(=O)NCc3ccco3)cs2)c(OC)c1. The summed E-state index contributed by atoms with van der Waals surface area (Å²) < 4.78 is 15.7. The maximum absolute atomic E-state index is 12.1. The quantitative estimate of drug-likeness (QED) is 0.672. The van der Waals surface area contributed by atoms with Crippen molar-refractivity contribution in [3.8, 4) is 11.5 Å². The van der Waals surface area contributed by atoms with Crippen molar-refractivity contribution in [1.29, 1.82) is 0 Å². The van der Waals surface area contributed by atoms with Gasteiger partial charge >= 0.3 is 0 Å². The number of carbonyl (C=O) groups is 1. The lowest BCUT2D eigenvalue weighted by molar-refractivity contribution is 0.0944. The van der Waals surface area contributed by atoms with E-state index in [0.717, 1.165) is 5.69 Å². The molecule has 0 bridgehead atoms. The number of ether oxygens (including phenoxy) is 2. The zero-order valence-corrected chi connectivity index (χ0v) is 14.6. The van der Waals surface area contributed by atoms with Crippen LogP contribution in [0.15, 0.2) is 46.4 Å². The number of nitrogens with zero attached hydrogens (tertiary/aromatic N) is 1. The molecule has 0 fully saturated rings. The molecule has 0 unspecified atom stereocenters. The first-order valence-corrected chi connectivity index (χ1v) is 8.32. The number of hydrogen-bond donors (Lipinski definition) is 2. The molecular weight excluding hydrogens is 342 g/mol. The van der Waals surface area contributed by atoms with Gasteiger partial charge in [0.15, 0.2) is 5.13 Å². The molecule has 3 aromatic rings. The lowest BCUT2D eigenvalue weighted by Crippen LogP contribution is -2.22. The van der Waals surface area contributed by atoms with Gasteiger partial charge in [0.1, 0.15) is 23.0 Å². The molecular formula is C17H17N3O4S. The largest absolute Gasteiger partial charge is 0.497 e. The fraction of sp³-hybridized carbons (Fsp3) is 0.176. The predicted molar refractivity (Wildman–Crippen MR) is 94.8 cm³/mol. The molecule has 0 saturated carbocycles. The van der Waals surface area contributed by atoms with Crippen LogP contribution in [0.1, 0.15) is 16.2 Å². The number of thiazole rings is 1. The molecule has 0 radical (unpaired) electrons. The molecule has 7 nitrogen and oxygen atoms in total. The molecule has 1 amide bonds. The van der Waals surface area contributed by atoms with Crippen molar-refractivity contribution in [3.63, 3.8) is 0 Å². The van der Waals surface area contributed by atoms with Gasteiger partial charge < -0.3 is 24.5 Å². The Kier molecular flexibility index (Phi) is 5.20. The van der Waals surface area contributed by atoms with Gasteiger partial charge in [0, 0.05) is 11.4 Å². The normalized spacial score (nSPS) is 10.3. The van der Waals surface area contributed by atoms with Crippen LogP contribution in [0.2, 0.25) is 0 Å². The molecule has 2 N–H and O–H groups in total. The van der Waals surface area contributed by atoms with Gasteiger partial charge in [-0.15, -0.1) is 11.3 Å². The third-order valence-corrected chi connectivity index (χ3v) is 4.15. The van der Waals surface area contributed by atoms with E-state index in [-0.39, 0.29) is 5.91 Å². The third kappa shape index (κ3) is 4.10. The van der Waals surface area contributed by atoms with Crippen molar-refractivity contribution in [1.82, 2.24) is 10.3 Å². The summed E-state index contributed by atoms with van der Waals surface area (Å²) in [5.41, 5.74) is 1.08. The zero-order valence-electron chi connectivity index (χ0n) is 13.7. The number of anilines is 2. The molecule has 2 heterocycles. The average molecular weight is 359 g/mol. The average Bonchev–Trinajstić information content (AvgIpc) is 3.32. The number of methoxy groups -OCH3 is 2. The molecule has 0 spiro atoms. The van der Waals surface area contributed by atoms with Gasteiger partial charge in [0.25, 0.3) is 5.91 Å². The van der Waals surface area contributed by atoms with Crippen LogP contribution in [0.4, 0.5) is 10.8 Å². The number of furan rings is 1. The van der Waals surface area contributed by atoms with Crippen LogP contribution in [0.25, 0.3) is 0 Å². The molecule has 130 valence electrons.